The minimum absolute atomic E-state index is 0.0227. The number of aliphatic hydroxyl groups is 2. The number of aliphatic hydroxyl groups excluding tert-OH is 2. The molecule has 0 aromatic carbocycles. The van der Waals surface area contributed by atoms with Gasteiger partial charge in [-0.15, -0.1) is 0 Å². The molecule has 1 amide bonds. The molecule has 0 radical (unpaired) electrons. The average molecular weight is 814 g/mol. The van der Waals surface area contributed by atoms with Gasteiger partial charge in [0.1, 0.15) is 6.10 Å². The van der Waals surface area contributed by atoms with Crippen LogP contribution in [-0.4, -0.2) is 46.9 Å². The number of nitrogens with one attached hydrogen (secondary N) is 1. The molecule has 0 aromatic rings. The molecule has 0 aromatic heterocycles. The van der Waals surface area contributed by atoms with Crippen molar-refractivity contribution in [2.24, 2.45) is 0 Å². The van der Waals surface area contributed by atoms with Crippen molar-refractivity contribution in [3.8, 4) is 0 Å². The zero-order valence-electron chi connectivity index (χ0n) is 38.4. The second-order valence-corrected chi connectivity index (χ2v) is 16.9. The molecular weight excluding hydrogens is 719 g/mol. The molecule has 0 aliphatic carbocycles. The van der Waals surface area contributed by atoms with Crippen molar-refractivity contribution in [3.05, 3.63) is 48.6 Å². The first-order valence-electron chi connectivity index (χ1n) is 24.9. The Morgan fingerprint density at radius 2 is 0.948 bits per heavy atom. The predicted molar refractivity (Wildman–Crippen MR) is 250 cm³/mol. The van der Waals surface area contributed by atoms with Crippen LogP contribution in [0.15, 0.2) is 48.6 Å². The quantitative estimate of drug-likeness (QED) is 0.0246. The van der Waals surface area contributed by atoms with Gasteiger partial charge in [-0.1, -0.05) is 217 Å². The fourth-order valence-electron chi connectivity index (χ4n) is 7.36. The fourth-order valence-corrected chi connectivity index (χ4v) is 7.36. The summed E-state index contributed by atoms with van der Waals surface area (Å²) in [6.07, 6.45) is 54.7. The van der Waals surface area contributed by atoms with Crippen molar-refractivity contribution in [1.82, 2.24) is 5.32 Å². The third-order valence-electron chi connectivity index (χ3n) is 11.2. The van der Waals surface area contributed by atoms with Crippen LogP contribution in [0.3, 0.4) is 0 Å². The van der Waals surface area contributed by atoms with E-state index in [9.17, 15) is 19.8 Å². The molecule has 3 unspecified atom stereocenters. The van der Waals surface area contributed by atoms with Crippen LogP contribution in [-0.2, 0) is 14.3 Å². The first-order chi connectivity index (χ1) is 28.5. The standard InChI is InChI=1S/C52H95NO5/c1-4-7-10-13-16-19-22-25-27-28-31-34-37-40-43-48(58-52(57)45-42-39-36-33-30-26-23-20-17-14-11-8-5-2)46-51(56)53-49(47-54)50(55)44-41-38-35-32-29-24-21-18-15-12-9-6-3/h26-28,30-31,34,36,39,48-50,54-55H,4-25,29,32-33,35,37-38,40-47H2,1-3H3,(H,53,56)/b28-27+,30-26-,34-31+,39-36+. The Bertz CT molecular complexity index is 1000. The van der Waals surface area contributed by atoms with Crippen LogP contribution in [0.2, 0.25) is 0 Å². The summed E-state index contributed by atoms with van der Waals surface area (Å²) in [6, 6.07) is -0.725. The van der Waals surface area contributed by atoms with Gasteiger partial charge in [-0.05, 0) is 64.2 Å². The number of ether oxygens (including phenoxy) is 1. The Labute approximate surface area is 359 Å². The van der Waals surface area contributed by atoms with Crippen molar-refractivity contribution in [1.29, 1.82) is 0 Å². The zero-order valence-corrected chi connectivity index (χ0v) is 38.4. The first-order valence-corrected chi connectivity index (χ1v) is 24.9. The van der Waals surface area contributed by atoms with Crippen molar-refractivity contribution < 1.29 is 24.5 Å². The summed E-state index contributed by atoms with van der Waals surface area (Å²) < 4.78 is 5.86. The fraction of sp³-hybridized carbons (Fsp3) is 0.808. The number of carbonyl (C=O) groups is 2. The number of hydrogen-bond acceptors (Lipinski definition) is 5. The van der Waals surface area contributed by atoms with E-state index < -0.39 is 18.2 Å². The van der Waals surface area contributed by atoms with Crippen molar-refractivity contribution in [2.45, 2.75) is 264 Å². The lowest BCUT2D eigenvalue weighted by molar-refractivity contribution is -0.150. The van der Waals surface area contributed by atoms with Gasteiger partial charge in [0.15, 0.2) is 0 Å². The summed E-state index contributed by atoms with van der Waals surface area (Å²) in [4.78, 5) is 26.0. The van der Waals surface area contributed by atoms with Gasteiger partial charge >= 0.3 is 5.97 Å². The largest absolute Gasteiger partial charge is 0.462 e. The van der Waals surface area contributed by atoms with E-state index >= 15 is 0 Å². The summed E-state index contributed by atoms with van der Waals surface area (Å²) in [5, 5.41) is 23.7. The summed E-state index contributed by atoms with van der Waals surface area (Å²) in [5.41, 5.74) is 0. The highest BCUT2D eigenvalue weighted by Crippen LogP contribution is 2.16. The molecule has 0 aliphatic rings. The molecule has 0 spiro atoms. The zero-order chi connectivity index (χ0) is 42.4. The highest BCUT2D eigenvalue weighted by atomic mass is 16.5. The lowest BCUT2D eigenvalue weighted by atomic mass is 10.0. The maximum absolute atomic E-state index is 13.2. The molecule has 58 heavy (non-hydrogen) atoms. The van der Waals surface area contributed by atoms with E-state index in [0.29, 0.717) is 19.3 Å². The third kappa shape index (κ3) is 40.6. The Kier molecular flexibility index (Phi) is 44.2. The third-order valence-corrected chi connectivity index (χ3v) is 11.2. The molecular formula is C52H95NO5. The molecule has 3 atom stereocenters. The predicted octanol–water partition coefficient (Wildman–Crippen LogP) is 14.7. The molecule has 6 heteroatoms. The smallest absolute Gasteiger partial charge is 0.306 e. The van der Waals surface area contributed by atoms with Gasteiger partial charge in [0, 0.05) is 6.42 Å². The molecule has 6 nitrogen and oxygen atoms in total. The Hall–Kier alpha value is -2.18. The van der Waals surface area contributed by atoms with E-state index in [-0.39, 0.29) is 31.3 Å². The van der Waals surface area contributed by atoms with E-state index in [1.54, 1.807) is 0 Å². The van der Waals surface area contributed by atoms with Crippen LogP contribution < -0.4 is 5.32 Å². The van der Waals surface area contributed by atoms with Crippen molar-refractivity contribution in [3.63, 3.8) is 0 Å². The molecule has 0 rings (SSSR count). The van der Waals surface area contributed by atoms with Gasteiger partial charge in [-0.2, -0.15) is 0 Å². The van der Waals surface area contributed by atoms with Crippen LogP contribution in [0.4, 0.5) is 0 Å². The van der Waals surface area contributed by atoms with Gasteiger partial charge in [-0.25, -0.2) is 0 Å². The van der Waals surface area contributed by atoms with Gasteiger partial charge < -0.3 is 20.3 Å². The lowest BCUT2D eigenvalue weighted by Gasteiger charge is -2.24. The number of unbranched alkanes of at least 4 members (excludes halogenated alkanes) is 25. The van der Waals surface area contributed by atoms with E-state index in [4.69, 9.17) is 4.74 Å². The number of amides is 1. The normalized spacial score (nSPS) is 13.7. The number of allylic oxidation sites excluding steroid dienone is 8. The topological polar surface area (TPSA) is 95.9 Å². The number of rotatable bonds is 44. The Morgan fingerprint density at radius 1 is 0.517 bits per heavy atom. The van der Waals surface area contributed by atoms with Gasteiger partial charge in [0.2, 0.25) is 5.91 Å². The van der Waals surface area contributed by atoms with E-state index in [0.717, 1.165) is 51.4 Å². The minimum atomic E-state index is -0.806. The average Bonchev–Trinajstić information content (AvgIpc) is 3.22. The first kappa shape index (κ1) is 55.8. The highest BCUT2D eigenvalue weighted by Gasteiger charge is 2.23. The molecule has 0 bridgehead atoms. The lowest BCUT2D eigenvalue weighted by Crippen LogP contribution is -2.46. The van der Waals surface area contributed by atoms with Crippen LogP contribution in [0, 0.1) is 0 Å². The monoisotopic (exact) mass is 814 g/mol. The molecule has 0 heterocycles. The van der Waals surface area contributed by atoms with E-state index in [1.807, 2.05) is 6.08 Å². The van der Waals surface area contributed by atoms with E-state index in [2.05, 4.69) is 68.6 Å². The Morgan fingerprint density at radius 3 is 1.45 bits per heavy atom. The molecule has 3 N–H and O–H groups in total. The second-order valence-electron chi connectivity index (χ2n) is 16.9. The van der Waals surface area contributed by atoms with E-state index in [1.165, 1.54) is 141 Å². The summed E-state index contributed by atoms with van der Waals surface area (Å²) in [7, 11) is 0. The van der Waals surface area contributed by atoms with Crippen LogP contribution in [0.1, 0.15) is 245 Å². The van der Waals surface area contributed by atoms with Gasteiger partial charge in [0.25, 0.3) is 0 Å². The van der Waals surface area contributed by atoms with Crippen LogP contribution in [0.5, 0.6) is 0 Å². The number of esters is 1. The van der Waals surface area contributed by atoms with Gasteiger partial charge in [0.05, 0.1) is 25.2 Å². The SMILES string of the molecule is CCCCCCCC/C=C\C/C=C/CCC(=O)OC(CCC/C=C/C=C/CCCCCCCCC)CC(=O)NC(CO)C(O)CCCCCCCCCCCCCC. The molecule has 0 saturated heterocycles. The van der Waals surface area contributed by atoms with Crippen molar-refractivity contribution in [2.75, 3.05) is 6.61 Å². The summed E-state index contributed by atoms with van der Waals surface area (Å²) in [5.74, 6) is -0.599. The minimum Gasteiger partial charge on any atom is -0.462 e. The molecule has 0 fully saturated rings. The molecule has 0 saturated carbocycles. The second kappa shape index (κ2) is 45.9. The van der Waals surface area contributed by atoms with Crippen LogP contribution in [0.25, 0.3) is 0 Å². The summed E-state index contributed by atoms with van der Waals surface area (Å²) in [6.45, 7) is 6.44. The Balaban J connectivity index is 4.73. The molecule has 338 valence electrons. The number of hydrogen-bond donors (Lipinski definition) is 3. The molecule has 0 aliphatic heterocycles. The van der Waals surface area contributed by atoms with Crippen LogP contribution >= 0.6 is 0 Å². The van der Waals surface area contributed by atoms with Gasteiger partial charge in [-0.3, -0.25) is 9.59 Å². The summed E-state index contributed by atoms with van der Waals surface area (Å²) >= 11 is 0. The highest BCUT2D eigenvalue weighted by molar-refractivity contribution is 5.77. The van der Waals surface area contributed by atoms with Crippen molar-refractivity contribution >= 4 is 11.9 Å². The maximum atomic E-state index is 13.2. The maximum Gasteiger partial charge on any atom is 0.306 e. The number of carbonyl (C=O) groups excluding carboxylic acids is 2.